The number of piperidine rings is 1. The van der Waals surface area contributed by atoms with Crippen LogP contribution in [0.1, 0.15) is 29.9 Å². The molecule has 3 nitrogen and oxygen atoms in total. The molecular formula is C16H26Cl2N2O. The smallest absolute Gasteiger partial charge is 0.0594 e. The van der Waals surface area contributed by atoms with Crippen LogP contribution in [0.4, 0.5) is 0 Å². The van der Waals surface area contributed by atoms with Gasteiger partial charge in [-0.15, -0.1) is 24.8 Å². The highest BCUT2D eigenvalue weighted by Crippen LogP contribution is 2.28. The molecule has 21 heavy (non-hydrogen) atoms. The number of hydrogen-bond donors (Lipinski definition) is 1. The van der Waals surface area contributed by atoms with Gasteiger partial charge in [0, 0.05) is 19.6 Å². The van der Waals surface area contributed by atoms with Crippen LogP contribution in [0.15, 0.2) is 24.3 Å². The molecule has 0 aliphatic carbocycles. The van der Waals surface area contributed by atoms with Gasteiger partial charge in [0.2, 0.25) is 0 Å². The van der Waals surface area contributed by atoms with Crippen molar-refractivity contribution in [2.45, 2.75) is 25.3 Å². The Bertz CT molecular complexity index is 405. The summed E-state index contributed by atoms with van der Waals surface area (Å²) in [6, 6.07) is 9.03. The summed E-state index contributed by atoms with van der Waals surface area (Å²) in [5.41, 5.74) is 3.10. The number of halogens is 2. The van der Waals surface area contributed by atoms with Crippen molar-refractivity contribution in [3.63, 3.8) is 0 Å². The lowest BCUT2D eigenvalue weighted by atomic mass is 9.87. The van der Waals surface area contributed by atoms with Crippen molar-refractivity contribution in [1.29, 1.82) is 0 Å². The molecule has 3 rings (SSSR count). The van der Waals surface area contributed by atoms with E-state index in [0.29, 0.717) is 0 Å². The Hall–Kier alpha value is -0.320. The van der Waals surface area contributed by atoms with E-state index in [2.05, 4.69) is 34.5 Å². The molecule has 2 aliphatic heterocycles. The fourth-order valence-corrected chi connectivity index (χ4v) is 3.21. The van der Waals surface area contributed by atoms with Crippen LogP contribution in [-0.2, 0) is 11.3 Å². The summed E-state index contributed by atoms with van der Waals surface area (Å²) in [6.45, 7) is 7.32. The quantitative estimate of drug-likeness (QED) is 0.921. The number of nitrogens with zero attached hydrogens (tertiary/aromatic N) is 1. The average molecular weight is 333 g/mol. The van der Waals surface area contributed by atoms with Gasteiger partial charge in [0.05, 0.1) is 13.2 Å². The number of morpholine rings is 1. The second-order valence-corrected chi connectivity index (χ2v) is 5.61. The molecule has 0 unspecified atom stereocenters. The first kappa shape index (κ1) is 18.7. The summed E-state index contributed by atoms with van der Waals surface area (Å²) in [5, 5.41) is 3.46. The highest BCUT2D eigenvalue weighted by molar-refractivity contribution is 5.85. The minimum atomic E-state index is 0. The fourth-order valence-electron chi connectivity index (χ4n) is 3.21. The summed E-state index contributed by atoms with van der Waals surface area (Å²) in [4.78, 5) is 2.52. The van der Waals surface area contributed by atoms with E-state index in [1.165, 1.54) is 18.4 Å². The zero-order valence-electron chi connectivity index (χ0n) is 12.4. The lowest BCUT2D eigenvalue weighted by Gasteiger charge is -2.30. The van der Waals surface area contributed by atoms with E-state index < -0.39 is 0 Å². The number of ether oxygens (including phenoxy) is 1. The van der Waals surface area contributed by atoms with Gasteiger partial charge < -0.3 is 10.1 Å². The van der Waals surface area contributed by atoms with Crippen molar-refractivity contribution in [2.24, 2.45) is 0 Å². The van der Waals surface area contributed by atoms with Crippen molar-refractivity contribution < 1.29 is 4.74 Å². The molecule has 0 spiro atoms. The topological polar surface area (TPSA) is 24.5 Å². The number of rotatable bonds is 3. The second kappa shape index (κ2) is 9.65. The molecule has 2 fully saturated rings. The first-order valence-corrected chi connectivity index (χ1v) is 7.52. The Morgan fingerprint density at radius 2 is 1.71 bits per heavy atom. The maximum Gasteiger partial charge on any atom is 0.0594 e. The van der Waals surface area contributed by atoms with Crippen molar-refractivity contribution in [3.05, 3.63) is 35.4 Å². The summed E-state index contributed by atoms with van der Waals surface area (Å²) in [5.74, 6) is 0.749. The fraction of sp³-hybridized carbons (Fsp3) is 0.625. The maximum atomic E-state index is 5.43. The maximum absolute atomic E-state index is 5.43. The minimum Gasteiger partial charge on any atom is -0.379 e. The first-order chi connectivity index (χ1) is 9.43. The van der Waals surface area contributed by atoms with Gasteiger partial charge in [-0.2, -0.15) is 0 Å². The molecular weight excluding hydrogens is 307 g/mol. The Morgan fingerprint density at radius 1 is 1.05 bits per heavy atom. The molecule has 1 aromatic carbocycles. The van der Waals surface area contributed by atoms with Gasteiger partial charge in [-0.1, -0.05) is 24.3 Å². The molecule has 1 N–H and O–H groups in total. The van der Waals surface area contributed by atoms with E-state index >= 15 is 0 Å². The Kier molecular flexibility index (Phi) is 8.60. The van der Waals surface area contributed by atoms with Crippen molar-refractivity contribution >= 4 is 24.8 Å². The first-order valence-electron chi connectivity index (χ1n) is 7.52. The van der Waals surface area contributed by atoms with Gasteiger partial charge in [-0.05, 0) is 43.0 Å². The summed E-state index contributed by atoms with van der Waals surface area (Å²) >= 11 is 0. The van der Waals surface area contributed by atoms with E-state index in [1.807, 2.05) is 0 Å². The van der Waals surface area contributed by atoms with Crippen LogP contribution in [0.2, 0.25) is 0 Å². The van der Waals surface area contributed by atoms with Crippen LogP contribution in [0.25, 0.3) is 0 Å². The molecule has 0 aromatic heterocycles. The zero-order valence-corrected chi connectivity index (χ0v) is 14.1. The molecule has 1 aromatic rings. The number of nitrogens with one attached hydrogen (secondary N) is 1. The van der Waals surface area contributed by atoms with E-state index in [9.17, 15) is 0 Å². The Labute approximate surface area is 140 Å². The largest absolute Gasteiger partial charge is 0.379 e. The van der Waals surface area contributed by atoms with E-state index in [1.54, 1.807) is 5.56 Å². The lowest BCUT2D eigenvalue weighted by molar-refractivity contribution is 0.0340. The molecule has 0 amide bonds. The third-order valence-corrected chi connectivity index (χ3v) is 4.33. The van der Waals surface area contributed by atoms with Crippen LogP contribution in [0.3, 0.4) is 0 Å². The van der Waals surface area contributed by atoms with Crippen LogP contribution in [-0.4, -0.2) is 44.3 Å². The van der Waals surface area contributed by atoms with Gasteiger partial charge >= 0.3 is 0 Å². The highest BCUT2D eigenvalue weighted by atomic mass is 35.5. The van der Waals surface area contributed by atoms with Gasteiger partial charge in [-0.25, -0.2) is 0 Å². The molecule has 2 saturated heterocycles. The normalized spacial score (nSPS) is 20.4. The number of benzene rings is 1. The molecule has 120 valence electrons. The lowest BCUT2D eigenvalue weighted by Crippen LogP contribution is -2.36. The summed E-state index contributed by atoms with van der Waals surface area (Å²) in [7, 11) is 0. The van der Waals surface area contributed by atoms with Crippen molar-refractivity contribution in [2.75, 3.05) is 39.4 Å². The monoisotopic (exact) mass is 332 g/mol. The summed E-state index contributed by atoms with van der Waals surface area (Å²) in [6.07, 6.45) is 2.56. The van der Waals surface area contributed by atoms with Gasteiger partial charge in [0.25, 0.3) is 0 Å². The molecule has 2 heterocycles. The van der Waals surface area contributed by atoms with Crippen LogP contribution in [0.5, 0.6) is 0 Å². The Morgan fingerprint density at radius 3 is 2.43 bits per heavy atom. The summed E-state index contributed by atoms with van der Waals surface area (Å²) < 4.78 is 5.43. The van der Waals surface area contributed by atoms with E-state index in [0.717, 1.165) is 51.9 Å². The molecule has 0 radical (unpaired) electrons. The number of hydrogen-bond acceptors (Lipinski definition) is 3. The van der Waals surface area contributed by atoms with Gasteiger partial charge in [0.15, 0.2) is 0 Å². The molecule has 0 atom stereocenters. The van der Waals surface area contributed by atoms with E-state index in [4.69, 9.17) is 4.74 Å². The molecule has 0 bridgehead atoms. The molecule has 5 heteroatoms. The third kappa shape index (κ3) is 5.11. The third-order valence-electron chi connectivity index (χ3n) is 4.33. The molecule has 0 saturated carbocycles. The standard InChI is InChI=1S/C16H24N2O.2ClH/c1-2-4-16(14-5-7-17-8-6-14)15(3-1)13-18-9-11-19-12-10-18;;/h1-4,14,17H,5-13H2;2*1H. The van der Waals surface area contributed by atoms with E-state index in [-0.39, 0.29) is 24.8 Å². The second-order valence-electron chi connectivity index (χ2n) is 5.61. The Balaban J connectivity index is 0.00000110. The SMILES string of the molecule is Cl.Cl.c1ccc(C2CCNCC2)c(CN2CCOCC2)c1. The van der Waals surface area contributed by atoms with Crippen molar-refractivity contribution in [3.8, 4) is 0 Å². The minimum absolute atomic E-state index is 0. The molecule has 2 aliphatic rings. The van der Waals surface area contributed by atoms with Crippen molar-refractivity contribution in [1.82, 2.24) is 10.2 Å². The van der Waals surface area contributed by atoms with Crippen LogP contribution < -0.4 is 5.32 Å². The van der Waals surface area contributed by atoms with Gasteiger partial charge in [0.1, 0.15) is 0 Å². The highest BCUT2D eigenvalue weighted by Gasteiger charge is 2.19. The zero-order chi connectivity index (χ0) is 12.9. The van der Waals surface area contributed by atoms with Crippen LogP contribution in [0, 0.1) is 0 Å². The predicted molar refractivity (Wildman–Crippen MR) is 91.9 cm³/mol. The van der Waals surface area contributed by atoms with Crippen LogP contribution >= 0.6 is 24.8 Å². The predicted octanol–water partition coefficient (Wildman–Crippen LogP) is 2.83. The average Bonchev–Trinajstić information content (AvgIpc) is 2.50. The van der Waals surface area contributed by atoms with Gasteiger partial charge in [-0.3, -0.25) is 4.90 Å².